The highest BCUT2D eigenvalue weighted by Gasteiger charge is 2.33. The molecule has 0 spiro atoms. The Balaban J connectivity index is 1.35. The molecule has 1 aromatic heterocycles. The molecule has 2 N–H and O–H groups in total. The van der Waals surface area contributed by atoms with Gasteiger partial charge >= 0.3 is 0 Å². The van der Waals surface area contributed by atoms with Crippen molar-refractivity contribution in [1.82, 2.24) is 14.9 Å². The summed E-state index contributed by atoms with van der Waals surface area (Å²) in [6.07, 6.45) is 11.1. The number of thioether (sulfide) groups is 1. The fourth-order valence-corrected chi connectivity index (χ4v) is 6.25. The van der Waals surface area contributed by atoms with E-state index in [2.05, 4.69) is 40.8 Å². The number of benzene rings is 1. The number of hydrogen-bond donors (Lipinski definition) is 1. The van der Waals surface area contributed by atoms with Crippen LogP contribution in [0.5, 0.6) is 0 Å². The van der Waals surface area contributed by atoms with Gasteiger partial charge in [-0.15, -0.1) is 11.8 Å². The lowest BCUT2D eigenvalue weighted by molar-refractivity contribution is -0.118. The average Bonchev–Trinajstić information content (AvgIpc) is 2.77. The second-order valence-electron chi connectivity index (χ2n) is 9.13. The molecule has 1 aromatic carbocycles. The molecule has 3 atom stereocenters. The quantitative estimate of drug-likeness (QED) is 0.592. The van der Waals surface area contributed by atoms with Crippen molar-refractivity contribution < 1.29 is 4.79 Å². The lowest BCUT2D eigenvalue weighted by atomic mass is 9.97. The number of likely N-dealkylation sites (tertiary alicyclic amines) is 1. The molecule has 2 aromatic rings. The normalized spacial score (nSPS) is 23.9. The number of piperidine rings is 1. The summed E-state index contributed by atoms with van der Waals surface area (Å²) >= 11 is 1.63. The Bertz CT molecular complexity index is 913. The van der Waals surface area contributed by atoms with E-state index in [0.29, 0.717) is 24.3 Å². The summed E-state index contributed by atoms with van der Waals surface area (Å²) in [4.78, 5) is 27.7. The number of hydrogen-bond acceptors (Lipinski definition) is 6. The number of anilines is 2. The molecule has 2 aliphatic rings. The van der Waals surface area contributed by atoms with E-state index >= 15 is 0 Å². The molecule has 6 nitrogen and oxygen atoms in total. The number of amides is 1. The molecule has 4 rings (SSSR count). The molecular weight excluding hydrogens is 418 g/mol. The van der Waals surface area contributed by atoms with Gasteiger partial charge in [-0.2, -0.15) is 0 Å². The highest BCUT2D eigenvalue weighted by Crippen LogP contribution is 2.40. The molecule has 1 fully saturated rings. The van der Waals surface area contributed by atoms with E-state index in [4.69, 9.17) is 5.73 Å². The Kier molecular flexibility index (Phi) is 7.68. The van der Waals surface area contributed by atoms with Crippen molar-refractivity contribution in [1.29, 1.82) is 0 Å². The molecule has 0 radical (unpaired) electrons. The number of nitrogens with zero attached hydrogens (tertiary/aromatic N) is 4. The number of carbonyl (C=O) groups is 1. The summed E-state index contributed by atoms with van der Waals surface area (Å²) in [6, 6.07) is 9.62. The Morgan fingerprint density at radius 2 is 1.81 bits per heavy atom. The summed E-state index contributed by atoms with van der Waals surface area (Å²) in [5.41, 5.74) is 7.59. The number of unbranched alkanes of at least 4 members (excludes halogenated alkanes) is 2. The number of para-hydroxylation sites is 1. The molecular formula is C25H35N5OS. The van der Waals surface area contributed by atoms with Crippen LogP contribution in [0.1, 0.15) is 58.1 Å². The van der Waals surface area contributed by atoms with Gasteiger partial charge in [0.05, 0.1) is 22.8 Å². The van der Waals surface area contributed by atoms with E-state index < -0.39 is 0 Å². The number of nitrogens with two attached hydrogens (primary N) is 1. The zero-order valence-corrected chi connectivity index (χ0v) is 20.1. The first-order chi connectivity index (χ1) is 15.5. The highest BCUT2D eigenvalue weighted by molar-refractivity contribution is 8.01. The molecule has 1 amide bonds. The SMILES string of the molecule is C[C@@H]1CCC[C@H](C)N1CCCCCN1C(=O)C(Cc2cncc(N)n2)Sc2ccccc21. The average molecular weight is 454 g/mol. The molecule has 7 heteroatoms. The first-order valence-electron chi connectivity index (χ1n) is 11.9. The molecule has 0 saturated carbocycles. The van der Waals surface area contributed by atoms with Gasteiger partial charge in [-0.25, -0.2) is 4.98 Å². The Morgan fingerprint density at radius 3 is 2.59 bits per heavy atom. The largest absolute Gasteiger partial charge is 0.382 e. The van der Waals surface area contributed by atoms with Crippen molar-refractivity contribution in [2.45, 2.75) is 81.0 Å². The monoisotopic (exact) mass is 453 g/mol. The van der Waals surface area contributed by atoms with Gasteiger partial charge in [0, 0.05) is 36.1 Å². The van der Waals surface area contributed by atoms with Gasteiger partial charge in [0.1, 0.15) is 5.82 Å². The van der Waals surface area contributed by atoms with Gasteiger partial charge < -0.3 is 10.6 Å². The van der Waals surface area contributed by atoms with Crippen molar-refractivity contribution in [3.8, 4) is 0 Å². The van der Waals surface area contributed by atoms with Crippen molar-refractivity contribution in [2.24, 2.45) is 0 Å². The summed E-state index contributed by atoms with van der Waals surface area (Å²) < 4.78 is 0. The van der Waals surface area contributed by atoms with E-state index in [1.165, 1.54) is 38.4 Å². The molecule has 0 aliphatic carbocycles. The van der Waals surface area contributed by atoms with Crippen molar-refractivity contribution in [3.05, 3.63) is 42.4 Å². The third kappa shape index (κ3) is 5.44. The summed E-state index contributed by atoms with van der Waals surface area (Å²) in [5.74, 6) is 0.557. The maximum absolute atomic E-state index is 13.4. The topological polar surface area (TPSA) is 75.3 Å². The standard InChI is InChI=1S/C25H35N5OS/c1-18-9-8-10-19(2)29(18)13-6-3-7-14-30-21-11-4-5-12-22(21)32-23(25(30)31)15-20-16-27-17-24(26)28-20/h4-5,11-12,16-19,23H,3,6-10,13-15H2,1-2H3,(H2,26,28)/t18-,19+,23?. The van der Waals surface area contributed by atoms with Gasteiger partial charge in [0.25, 0.3) is 0 Å². The summed E-state index contributed by atoms with van der Waals surface area (Å²) in [6.45, 7) is 6.66. The van der Waals surface area contributed by atoms with Crippen LogP contribution >= 0.6 is 11.8 Å². The van der Waals surface area contributed by atoms with E-state index in [1.54, 1.807) is 18.0 Å². The van der Waals surface area contributed by atoms with Crippen LogP contribution in [0.2, 0.25) is 0 Å². The van der Waals surface area contributed by atoms with E-state index in [9.17, 15) is 4.79 Å². The maximum atomic E-state index is 13.4. The van der Waals surface area contributed by atoms with Gasteiger partial charge in [-0.1, -0.05) is 25.0 Å². The third-order valence-electron chi connectivity index (χ3n) is 6.74. The molecule has 172 valence electrons. The molecule has 2 aliphatic heterocycles. The predicted octanol–water partition coefficient (Wildman–Crippen LogP) is 4.54. The minimum Gasteiger partial charge on any atom is -0.382 e. The van der Waals surface area contributed by atoms with Gasteiger partial charge in [0.2, 0.25) is 5.91 Å². The molecule has 1 saturated heterocycles. The first kappa shape index (κ1) is 23.1. The van der Waals surface area contributed by atoms with Crippen LogP contribution < -0.4 is 10.6 Å². The summed E-state index contributed by atoms with van der Waals surface area (Å²) in [7, 11) is 0. The van der Waals surface area contributed by atoms with Crippen LogP contribution in [0.15, 0.2) is 41.6 Å². The number of aromatic nitrogens is 2. The van der Waals surface area contributed by atoms with Crippen molar-refractivity contribution in [2.75, 3.05) is 23.7 Å². The van der Waals surface area contributed by atoms with Crippen molar-refractivity contribution >= 4 is 29.2 Å². The van der Waals surface area contributed by atoms with Gasteiger partial charge in [-0.05, 0) is 58.2 Å². The first-order valence-corrected chi connectivity index (χ1v) is 12.8. The van der Waals surface area contributed by atoms with Crippen LogP contribution in [0.25, 0.3) is 0 Å². The Labute approximate surface area is 196 Å². The van der Waals surface area contributed by atoms with Crippen LogP contribution in [-0.4, -0.2) is 51.2 Å². The third-order valence-corrected chi connectivity index (χ3v) is 7.99. The smallest absolute Gasteiger partial charge is 0.240 e. The fourth-order valence-electron chi connectivity index (χ4n) is 5.00. The van der Waals surface area contributed by atoms with Crippen LogP contribution in [0.4, 0.5) is 11.5 Å². The molecule has 1 unspecified atom stereocenters. The minimum absolute atomic E-state index is 0.163. The number of rotatable bonds is 8. The molecule has 32 heavy (non-hydrogen) atoms. The number of nitrogen functional groups attached to an aromatic ring is 1. The zero-order valence-electron chi connectivity index (χ0n) is 19.2. The van der Waals surface area contributed by atoms with Gasteiger partial charge in [-0.3, -0.25) is 14.7 Å². The van der Waals surface area contributed by atoms with Crippen molar-refractivity contribution in [3.63, 3.8) is 0 Å². The second-order valence-corrected chi connectivity index (χ2v) is 10.4. The number of carbonyl (C=O) groups excluding carboxylic acids is 1. The van der Waals surface area contributed by atoms with Crippen LogP contribution in [0.3, 0.4) is 0 Å². The summed E-state index contributed by atoms with van der Waals surface area (Å²) in [5, 5.41) is -0.198. The van der Waals surface area contributed by atoms with Gasteiger partial charge in [0.15, 0.2) is 0 Å². The molecule has 3 heterocycles. The predicted molar refractivity (Wildman–Crippen MR) is 132 cm³/mol. The van der Waals surface area contributed by atoms with Crippen LogP contribution in [-0.2, 0) is 11.2 Å². The zero-order chi connectivity index (χ0) is 22.5. The maximum Gasteiger partial charge on any atom is 0.240 e. The Hall–Kier alpha value is -2.12. The minimum atomic E-state index is -0.198. The Morgan fingerprint density at radius 1 is 1.06 bits per heavy atom. The van der Waals surface area contributed by atoms with Crippen LogP contribution in [0, 0.1) is 0 Å². The number of fused-ring (bicyclic) bond motifs is 1. The van der Waals surface area contributed by atoms with E-state index in [1.807, 2.05) is 17.0 Å². The second kappa shape index (κ2) is 10.7. The highest BCUT2D eigenvalue weighted by atomic mass is 32.2. The fraction of sp³-hybridized carbons (Fsp3) is 0.560. The lowest BCUT2D eigenvalue weighted by Crippen LogP contribution is -2.44. The molecule has 0 bridgehead atoms. The van der Waals surface area contributed by atoms with E-state index in [-0.39, 0.29) is 11.2 Å². The lowest BCUT2D eigenvalue weighted by Gasteiger charge is -2.39. The van der Waals surface area contributed by atoms with E-state index in [0.717, 1.165) is 35.7 Å².